The number of benzene rings is 4. The van der Waals surface area contributed by atoms with Crippen LogP contribution in [-0.2, 0) is 0 Å². The Kier molecular flexibility index (Phi) is 5.23. The zero-order valence-electron chi connectivity index (χ0n) is 17.4. The minimum absolute atomic E-state index is 1.21. The van der Waals surface area contributed by atoms with Crippen LogP contribution in [0, 0.1) is 0 Å². The second-order valence-electron chi connectivity index (χ2n) is 7.97. The highest BCUT2D eigenvalue weighted by Crippen LogP contribution is 2.56. The predicted octanol–water partition coefficient (Wildman–Crippen LogP) is 8.11. The molecule has 2 heteroatoms. The molecule has 1 heterocycles. The molecule has 0 nitrogen and oxygen atoms in total. The van der Waals surface area contributed by atoms with Gasteiger partial charge in [-0.25, -0.2) is 0 Å². The van der Waals surface area contributed by atoms with E-state index in [0.717, 1.165) is 0 Å². The van der Waals surface area contributed by atoms with Gasteiger partial charge in [-0.15, -0.1) is 0 Å². The Morgan fingerprint density at radius 2 is 0.677 bits per heavy atom. The fraction of sp³-hybridized carbons (Fsp3) is 0.0345. The monoisotopic (exact) mass is 434 g/mol. The molecule has 5 rings (SSSR count). The van der Waals surface area contributed by atoms with Crippen LogP contribution in [0.5, 0.6) is 0 Å². The van der Waals surface area contributed by atoms with Crippen LogP contribution in [0.4, 0.5) is 0 Å². The Balaban J connectivity index is 1.92. The van der Waals surface area contributed by atoms with Crippen molar-refractivity contribution >= 4 is 40.0 Å². The molecule has 0 atom stereocenters. The van der Waals surface area contributed by atoms with E-state index in [1.54, 1.807) is 0 Å². The molecule has 1 aliphatic heterocycles. The summed E-state index contributed by atoms with van der Waals surface area (Å²) in [6.45, 7) is 2.28. The summed E-state index contributed by atoms with van der Waals surface area (Å²) in [5.74, 6) is 0. The van der Waals surface area contributed by atoms with Gasteiger partial charge in [0.1, 0.15) is 0 Å². The van der Waals surface area contributed by atoms with Crippen molar-refractivity contribution in [3.63, 3.8) is 0 Å². The summed E-state index contributed by atoms with van der Waals surface area (Å²) >= 11 is 7.68. The van der Waals surface area contributed by atoms with Crippen molar-refractivity contribution in [1.82, 2.24) is 0 Å². The van der Waals surface area contributed by atoms with Crippen LogP contribution < -0.4 is 0 Å². The molecule has 0 aliphatic carbocycles. The van der Waals surface area contributed by atoms with Gasteiger partial charge >= 0.3 is 0 Å². The summed E-state index contributed by atoms with van der Waals surface area (Å²) in [5.41, 5.74) is 7.38. The number of allylic oxidation sites excluding steroid dienone is 2. The minimum Gasteiger partial charge on any atom is -0.155 e. The van der Waals surface area contributed by atoms with Gasteiger partial charge in [0.15, 0.2) is 0 Å². The molecule has 0 spiro atoms. The van der Waals surface area contributed by atoms with E-state index in [0.29, 0.717) is 0 Å². The lowest BCUT2D eigenvalue weighted by Gasteiger charge is -2.23. The van der Waals surface area contributed by atoms with E-state index in [-0.39, 0.29) is 0 Å². The summed E-state index contributed by atoms with van der Waals surface area (Å²) < 4.78 is 0. The Morgan fingerprint density at radius 3 is 0.968 bits per heavy atom. The molecule has 0 saturated heterocycles. The van der Waals surface area contributed by atoms with Crippen molar-refractivity contribution in [2.24, 2.45) is 0 Å². The standard InChI is InChI=1S/C29H23ClSi/c1-31(30)28(24-18-10-4-11-19-24)26(22-14-6-2-7-15-22)27(23-16-8-3-9-17-23)29(31)25-20-12-5-13-21-25/h2-21H,1H3. The minimum atomic E-state index is -2.54. The third-order valence-corrected chi connectivity index (χ3v) is 10.0. The van der Waals surface area contributed by atoms with Crippen molar-refractivity contribution in [1.29, 1.82) is 0 Å². The molecule has 4 aromatic carbocycles. The lowest BCUT2D eigenvalue weighted by molar-refractivity contribution is 1.58. The van der Waals surface area contributed by atoms with Crippen LogP contribution in [-0.4, -0.2) is 7.38 Å². The first-order chi connectivity index (χ1) is 15.2. The fourth-order valence-electron chi connectivity index (χ4n) is 4.67. The van der Waals surface area contributed by atoms with E-state index < -0.39 is 7.38 Å². The zero-order chi connectivity index (χ0) is 21.3. The van der Waals surface area contributed by atoms with Gasteiger partial charge in [0.25, 0.3) is 0 Å². The first-order valence-corrected chi connectivity index (χ1v) is 14.1. The molecule has 0 fully saturated rings. The van der Waals surface area contributed by atoms with Gasteiger partial charge in [0, 0.05) is 0 Å². The predicted molar refractivity (Wildman–Crippen MR) is 137 cm³/mol. The number of hydrogen-bond acceptors (Lipinski definition) is 0. The smallest absolute Gasteiger partial charge is 0.155 e. The molecular weight excluding hydrogens is 412 g/mol. The molecule has 150 valence electrons. The molecule has 0 amide bonds. The average Bonchev–Trinajstić information content (AvgIpc) is 3.08. The van der Waals surface area contributed by atoms with Gasteiger partial charge in [-0.2, -0.15) is 11.1 Å². The number of rotatable bonds is 4. The molecule has 0 radical (unpaired) electrons. The Bertz CT molecular complexity index is 1150. The van der Waals surface area contributed by atoms with E-state index in [4.69, 9.17) is 11.1 Å². The Labute approximate surface area is 189 Å². The normalized spacial score (nSPS) is 15.4. The Morgan fingerprint density at radius 1 is 0.419 bits per heavy atom. The van der Waals surface area contributed by atoms with Crippen molar-refractivity contribution in [3.05, 3.63) is 144 Å². The lowest BCUT2D eigenvalue weighted by Crippen LogP contribution is -2.25. The molecule has 0 unspecified atom stereocenters. The van der Waals surface area contributed by atoms with Crippen LogP contribution in [0.15, 0.2) is 121 Å². The van der Waals surface area contributed by atoms with E-state index in [1.165, 1.54) is 43.8 Å². The van der Waals surface area contributed by atoms with Crippen LogP contribution >= 0.6 is 11.1 Å². The second kappa shape index (κ2) is 8.18. The summed E-state index contributed by atoms with van der Waals surface area (Å²) in [5, 5.41) is 2.58. The maximum Gasteiger partial charge on any atom is 0.216 e. The van der Waals surface area contributed by atoms with Crippen molar-refractivity contribution in [2.45, 2.75) is 6.55 Å². The molecule has 0 N–H and O–H groups in total. The third-order valence-electron chi connectivity index (χ3n) is 5.94. The van der Waals surface area contributed by atoms with Crippen molar-refractivity contribution < 1.29 is 0 Å². The highest BCUT2D eigenvalue weighted by atomic mass is 35.6. The second-order valence-corrected chi connectivity index (χ2v) is 13.2. The number of hydrogen-bond donors (Lipinski definition) is 0. The van der Waals surface area contributed by atoms with Crippen molar-refractivity contribution in [2.75, 3.05) is 0 Å². The van der Waals surface area contributed by atoms with Gasteiger partial charge in [-0.3, -0.25) is 0 Å². The molecule has 0 bridgehead atoms. The quantitative estimate of drug-likeness (QED) is 0.224. The van der Waals surface area contributed by atoms with Gasteiger partial charge < -0.3 is 0 Å². The summed E-state index contributed by atoms with van der Waals surface area (Å²) in [7, 11) is -2.54. The third kappa shape index (κ3) is 3.50. The molecule has 31 heavy (non-hydrogen) atoms. The first-order valence-electron chi connectivity index (χ1n) is 10.6. The number of halogens is 1. The van der Waals surface area contributed by atoms with Crippen molar-refractivity contribution in [3.8, 4) is 0 Å². The first kappa shape index (κ1) is 19.8. The molecular formula is C29H23ClSi. The van der Waals surface area contributed by atoms with Gasteiger partial charge in [0.2, 0.25) is 7.38 Å². The van der Waals surface area contributed by atoms with E-state index in [9.17, 15) is 0 Å². The maximum absolute atomic E-state index is 7.68. The highest BCUT2D eigenvalue weighted by Gasteiger charge is 2.46. The molecule has 4 aromatic rings. The lowest BCUT2D eigenvalue weighted by atomic mass is 9.89. The largest absolute Gasteiger partial charge is 0.216 e. The van der Waals surface area contributed by atoms with Crippen LogP contribution in [0.25, 0.3) is 21.5 Å². The van der Waals surface area contributed by atoms with E-state index in [1.807, 2.05) is 0 Å². The van der Waals surface area contributed by atoms with Crippen LogP contribution in [0.1, 0.15) is 22.3 Å². The molecule has 0 saturated carbocycles. The van der Waals surface area contributed by atoms with Gasteiger partial charge in [0.05, 0.1) is 0 Å². The summed E-state index contributed by atoms with van der Waals surface area (Å²) in [4.78, 5) is 0. The molecule has 0 aromatic heterocycles. The van der Waals surface area contributed by atoms with Crippen LogP contribution in [0.2, 0.25) is 6.55 Å². The Hall–Kier alpha value is -3.13. The SMILES string of the molecule is C[Si]1(Cl)C(c2ccccc2)=C(c2ccccc2)C(c2ccccc2)=C1c1ccccc1. The zero-order valence-corrected chi connectivity index (χ0v) is 19.2. The van der Waals surface area contributed by atoms with E-state index >= 15 is 0 Å². The fourth-order valence-corrected chi connectivity index (χ4v) is 9.04. The summed E-state index contributed by atoms with van der Waals surface area (Å²) in [6.07, 6.45) is 0. The average molecular weight is 435 g/mol. The summed E-state index contributed by atoms with van der Waals surface area (Å²) in [6, 6.07) is 42.8. The maximum atomic E-state index is 7.68. The molecule has 1 aliphatic rings. The van der Waals surface area contributed by atoms with Gasteiger partial charge in [-0.1, -0.05) is 121 Å². The van der Waals surface area contributed by atoms with Crippen LogP contribution in [0.3, 0.4) is 0 Å². The topological polar surface area (TPSA) is 0 Å². The van der Waals surface area contributed by atoms with E-state index in [2.05, 4.69) is 128 Å². The van der Waals surface area contributed by atoms with Gasteiger partial charge in [-0.05, 0) is 50.3 Å². The highest BCUT2D eigenvalue weighted by molar-refractivity contribution is 7.40.